The van der Waals surface area contributed by atoms with Crippen molar-refractivity contribution < 1.29 is 9.47 Å². The molecule has 8 heteroatoms. The second-order valence-corrected chi connectivity index (χ2v) is 6.16. The highest BCUT2D eigenvalue weighted by Crippen LogP contribution is 2.38. The zero-order chi connectivity index (χ0) is 14.0. The summed E-state index contributed by atoms with van der Waals surface area (Å²) in [5.41, 5.74) is -0.241. The van der Waals surface area contributed by atoms with Crippen LogP contribution >= 0.6 is 54.5 Å². The molecule has 5 nitrogen and oxygen atoms in total. The molecule has 0 aliphatic heterocycles. The summed E-state index contributed by atoms with van der Waals surface area (Å²) in [7, 11) is 1.58. The Bertz CT molecular complexity index is 675. The average molecular weight is 502 g/mol. The van der Waals surface area contributed by atoms with Crippen LogP contribution in [0, 0.1) is 3.57 Å². The van der Waals surface area contributed by atoms with Crippen molar-refractivity contribution in [2.45, 2.75) is 0 Å². The lowest BCUT2D eigenvalue weighted by Crippen LogP contribution is -2.11. The summed E-state index contributed by atoms with van der Waals surface area (Å²) in [6, 6.07) is 3.50. The number of halogens is 3. The number of aromatic nitrogens is 2. The molecule has 1 N–H and O–H groups in total. The molecule has 0 aliphatic rings. The molecule has 2 aromatic rings. The number of benzene rings is 1. The van der Waals surface area contributed by atoms with Crippen molar-refractivity contribution in [1.29, 1.82) is 0 Å². The molecule has 0 saturated carbocycles. The number of H-pyrrole nitrogens is 1. The smallest absolute Gasteiger partial charge is 0.268 e. The third-order valence-electron chi connectivity index (χ3n) is 2.18. The minimum atomic E-state index is -0.241. The Morgan fingerprint density at radius 1 is 1.26 bits per heavy atom. The number of nitrogens with zero attached hydrogens (tertiary/aromatic N) is 1. The van der Waals surface area contributed by atoms with Crippen LogP contribution < -0.4 is 15.0 Å². The Kier molecular flexibility index (Phi) is 4.85. The van der Waals surface area contributed by atoms with Crippen molar-refractivity contribution in [3.05, 3.63) is 41.3 Å². The molecule has 1 heterocycles. The van der Waals surface area contributed by atoms with Gasteiger partial charge in [-0.2, -0.15) is 0 Å². The molecule has 0 amide bonds. The third-order valence-corrected chi connectivity index (χ3v) is 4.37. The second kappa shape index (κ2) is 6.23. The molecule has 100 valence electrons. The van der Waals surface area contributed by atoms with E-state index in [0.29, 0.717) is 19.5 Å². The van der Waals surface area contributed by atoms with Gasteiger partial charge in [-0.25, -0.2) is 4.98 Å². The molecule has 2 rings (SSSR count). The van der Waals surface area contributed by atoms with Crippen molar-refractivity contribution in [2.75, 3.05) is 7.11 Å². The van der Waals surface area contributed by atoms with Crippen molar-refractivity contribution in [1.82, 2.24) is 9.97 Å². The van der Waals surface area contributed by atoms with Gasteiger partial charge in [0.15, 0.2) is 0 Å². The van der Waals surface area contributed by atoms with E-state index in [-0.39, 0.29) is 11.4 Å². The van der Waals surface area contributed by atoms with Gasteiger partial charge in [0.2, 0.25) is 5.88 Å². The number of aromatic amines is 1. The normalized spacial score (nSPS) is 10.3. The topological polar surface area (TPSA) is 64.2 Å². The summed E-state index contributed by atoms with van der Waals surface area (Å²) in [5, 5.41) is 0. The fourth-order valence-corrected chi connectivity index (χ4v) is 2.58. The van der Waals surface area contributed by atoms with Gasteiger partial charge in [0.25, 0.3) is 5.56 Å². The van der Waals surface area contributed by atoms with Crippen LogP contribution in [0.25, 0.3) is 0 Å². The van der Waals surface area contributed by atoms with Gasteiger partial charge in [0.1, 0.15) is 15.1 Å². The number of nitrogens with one attached hydrogen (secondary N) is 1. The van der Waals surface area contributed by atoms with Crippen molar-refractivity contribution in [3.8, 4) is 17.4 Å². The monoisotopic (exact) mass is 500 g/mol. The lowest BCUT2D eigenvalue weighted by molar-refractivity contribution is 0.408. The molecule has 0 aliphatic carbocycles. The first-order valence-corrected chi connectivity index (χ1v) is 7.63. The zero-order valence-electron chi connectivity index (χ0n) is 9.54. The third kappa shape index (κ3) is 3.29. The highest BCUT2D eigenvalue weighted by molar-refractivity contribution is 14.1. The van der Waals surface area contributed by atoms with Crippen molar-refractivity contribution >= 4 is 54.5 Å². The van der Waals surface area contributed by atoms with E-state index in [1.54, 1.807) is 19.2 Å². The number of ether oxygens (including phenoxy) is 2. The van der Waals surface area contributed by atoms with Gasteiger partial charge >= 0.3 is 0 Å². The number of hydrogen-bond donors (Lipinski definition) is 1. The van der Waals surface area contributed by atoms with Crippen LogP contribution in [0.4, 0.5) is 0 Å². The molecule has 0 spiro atoms. The minimum Gasteiger partial charge on any atom is -0.496 e. The van der Waals surface area contributed by atoms with Gasteiger partial charge in [0, 0.05) is 0 Å². The Hall–Kier alpha value is -0.610. The molecule has 0 atom stereocenters. The fraction of sp³-hybridized carbons (Fsp3) is 0.0909. The standard InChI is InChI=1S/C11H7Br2IN2O3/c1-18-7-2-6(13)8(3-5(7)12)19-11-9(14)10(17)15-4-16-11/h2-4H,1H3,(H,15,16,17). The van der Waals surface area contributed by atoms with Gasteiger partial charge in [-0.05, 0) is 66.6 Å². The number of methoxy groups -OCH3 is 1. The first-order valence-electron chi connectivity index (χ1n) is 4.97. The van der Waals surface area contributed by atoms with E-state index in [0.717, 1.165) is 4.47 Å². The van der Waals surface area contributed by atoms with Gasteiger partial charge in [-0.3, -0.25) is 4.79 Å². The first kappa shape index (κ1) is 14.8. The summed E-state index contributed by atoms with van der Waals surface area (Å²) in [6.45, 7) is 0. The quantitative estimate of drug-likeness (QED) is 0.651. The van der Waals surface area contributed by atoms with E-state index in [9.17, 15) is 4.79 Å². The maximum atomic E-state index is 11.5. The molecular formula is C11H7Br2IN2O3. The molecule has 0 unspecified atom stereocenters. The highest BCUT2D eigenvalue weighted by atomic mass is 127. The predicted molar refractivity (Wildman–Crippen MR) is 86.0 cm³/mol. The van der Waals surface area contributed by atoms with Crippen LogP contribution in [0.1, 0.15) is 0 Å². The molecule has 0 saturated heterocycles. The molecule has 0 radical (unpaired) electrons. The molecule has 1 aromatic carbocycles. The second-order valence-electron chi connectivity index (χ2n) is 3.37. The summed E-state index contributed by atoms with van der Waals surface area (Å²) < 4.78 is 12.6. The van der Waals surface area contributed by atoms with Gasteiger partial charge in [-0.15, -0.1) is 0 Å². The molecular weight excluding hydrogens is 495 g/mol. The average Bonchev–Trinajstić information content (AvgIpc) is 2.38. The van der Waals surface area contributed by atoms with Crippen LogP contribution in [0.15, 0.2) is 32.2 Å². The van der Waals surface area contributed by atoms with Gasteiger partial charge in [0.05, 0.1) is 22.4 Å². The van der Waals surface area contributed by atoms with Gasteiger partial charge in [-0.1, -0.05) is 0 Å². The van der Waals surface area contributed by atoms with Crippen molar-refractivity contribution in [3.63, 3.8) is 0 Å². The molecule has 0 fully saturated rings. The van der Waals surface area contributed by atoms with Crippen LogP contribution in [0.5, 0.6) is 17.4 Å². The zero-order valence-corrected chi connectivity index (χ0v) is 14.9. The van der Waals surface area contributed by atoms with Crippen LogP contribution in [0.2, 0.25) is 0 Å². The van der Waals surface area contributed by atoms with E-state index in [1.165, 1.54) is 6.33 Å². The van der Waals surface area contributed by atoms with E-state index < -0.39 is 0 Å². The lowest BCUT2D eigenvalue weighted by atomic mass is 10.3. The first-order chi connectivity index (χ1) is 9.02. The molecule has 0 bridgehead atoms. The number of hydrogen-bond acceptors (Lipinski definition) is 4. The van der Waals surface area contributed by atoms with Crippen molar-refractivity contribution in [2.24, 2.45) is 0 Å². The Balaban J connectivity index is 2.41. The van der Waals surface area contributed by atoms with E-state index in [4.69, 9.17) is 9.47 Å². The van der Waals surface area contributed by atoms with E-state index in [2.05, 4.69) is 41.8 Å². The largest absolute Gasteiger partial charge is 0.496 e. The summed E-state index contributed by atoms with van der Waals surface area (Å²) in [4.78, 5) is 17.9. The van der Waals surface area contributed by atoms with Crippen LogP contribution in [0.3, 0.4) is 0 Å². The predicted octanol–water partition coefficient (Wildman–Crippen LogP) is 3.70. The Labute approximate surface area is 139 Å². The highest BCUT2D eigenvalue weighted by Gasteiger charge is 2.13. The minimum absolute atomic E-state index is 0.241. The molecule has 1 aromatic heterocycles. The summed E-state index contributed by atoms with van der Waals surface area (Å²) in [6.07, 6.45) is 1.30. The Morgan fingerprint density at radius 3 is 2.58 bits per heavy atom. The van der Waals surface area contributed by atoms with Gasteiger partial charge < -0.3 is 14.5 Å². The van der Waals surface area contributed by atoms with Crippen LogP contribution in [-0.2, 0) is 0 Å². The fourth-order valence-electron chi connectivity index (χ4n) is 1.29. The van der Waals surface area contributed by atoms with E-state index in [1.807, 2.05) is 22.6 Å². The summed E-state index contributed by atoms with van der Waals surface area (Å²) >= 11 is 8.64. The Morgan fingerprint density at radius 2 is 1.89 bits per heavy atom. The maximum absolute atomic E-state index is 11.5. The SMILES string of the molecule is COc1cc(Br)c(Oc2nc[nH]c(=O)c2I)cc1Br. The maximum Gasteiger partial charge on any atom is 0.268 e. The lowest BCUT2D eigenvalue weighted by Gasteiger charge is -2.10. The number of rotatable bonds is 3. The van der Waals surface area contributed by atoms with Crippen LogP contribution in [-0.4, -0.2) is 17.1 Å². The van der Waals surface area contributed by atoms with E-state index >= 15 is 0 Å². The molecule has 19 heavy (non-hydrogen) atoms. The summed E-state index contributed by atoms with van der Waals surface area (Å²) in [5.74, 6) is 1.46.